The van der Waals surface area contributed by atoms with Gasteiger partial charge in [0.2, 0.25) is 5.91 Å². The van der Waals surface area contributed by atoms with Gasteiger partial charge in [0.05, 0.1) is 5.75 Å². The van der Waals surface area contributed by atoms with Gasteiger partial charge in [0.1, 0.15) is 5.82 Å². The zero-order valence-corrected chi connectivity index (χ0v) is 14.0. The molecule has 0 bridgehead atoms. The fourth-order valence-corrected chi connectivity index (χ4v) is 3.70. The standard InChI is InChI=1S/C16H22N4O2S/c21-15-13-23-16(22)20(15)8-4-3-7-18-9-11-19(12-10-18)14-5-1-2-6-17-14/h1-2,5-6H,3-4,7-13H2. The lowest BCUT2D eigenvalue weighted by Gasteiger charge is -2.35. The molecule has 0 radical (unpaired) electrons. The van der Waals surface area contributed by atoms with Gasteiger partial charge in [-0.3, -0.25) is 19.4 Å². The third-order valence-corrected chi connectivity index (χ3v) is 5.15. The third-order valence-electron chi connectivity index (χ3n) is 4.29. The second-order valence-electron chi connectivity index (χ2n) is 5.82. The maximum Gasteiger partial charge on any atom is 0.288 e. The van der Waals surface area contributed by atoms with Gasteiger partial charge in [-0.25, -0.2) is 4.98 Å². The first-order valence-corrected chi connectivity index (χ1v) is 9.08. The predicted octanol–water partition coefficient (Wildman–Crippen LogP) is 1.68. The number of amides is 2. The molecule has 1 aromatic heterocycles. The molecule has 0 spiro atoms. The lowest BCUT2D eigenvalue weighted by molar-refractivity contribution is -0.124. The Bertz CT molecular complexity index is 530. The molecule has 3 heterocycles. The van der Waals surface area contributed by atoms with Crippen LogP contribution in [0.5, 0.6) is 0 Å². The lowest BCUT2D eigenvalue weighted by Crippen LogP contribution is -2.47. The Labute approximate surface area is 140 Å². The Morgan fingerprint density at radius 3 is 2.48 bits per heavy atom. The summed E-state index contributed by atoms with van der Waals surface area (Å²) in [7, 11) is 0. The average molecular weight is 334 g/mol. The van der Waals surface area contributed by atoms with E-state index in [1.807, 2.05) is 18.3 Å². The van der Waals surface area contributed by atoms with Crippen molar-refractivity contribution < 1.29 is 9.59 Å². The second kappa shape index (κ2) is 7.79. The third kappa shape index (κ3) is 4.23. The number of nitrogens with zero attached hydrogens (tertiary/aromatic N) is 4. The van der Waals surface area contributed by atoms with Crippen LogP contribution in [0.3, 0.4) is 0 Å². The molecular formula is C16H22N4O2S. The van der Waals surface area contributed by atoms with Crippen LogP contribution < -0.4 is 4.90 Å². The summed E-state index contributed by atoms with van der Waals surface area (Å²) >= 11 is 1.11. The van der Waals surface area contributed by atoms with Gasteiger partial charge in [0, 0.05) is 38.9 Å². The Morgan fingerprint density at radius 1 is 1.04 bits per heavy atom. The van der Waals surface area contributed by atoms with Gasteiger partial charge >= 0.3 is 0 Å². The molecule has 0 unspecified atom stereocenters. The molecule has 0 N–H and O–H groups in total. The van der Waals surface area contributed by atoms with Crippen LogP contribution in [0.25, 0.3) is 0 Å². The van der Waals surface area contributed by atoms with Crippen LogP contribution in [0, 0.1) is 0 Å². The van der Waals surface area contributed by atoms with Gasteiger partial charge < -0.3 is 4.90 Å². The first-order valence-electron chi connectivity index (χ1n) is 8.09. The van der Waals surface area contributed by atoms with Crippen molar-refractivity contribution in [1.29, 1.82) is 0 Å². The fourth-order valence-electron chi connectivity index (χ4n) is 2.94. The highest BCUT2D eigenvalue weighted by atomic mass is 32.2. The predicted molar refractivity (Wildman–Crippen MR) is 91.7 cm³/mol. The topological polar surface area (TPSA) is 56.8 Å². The van der Waals surface area contributed by atoms with E-state index in [9.17, 15) is 9.59 Å². The molecule has 0 saturated carbocycles. The molecule has 0 aliphatic carbocycles. The van der Waals surface area contributed by atoms with Crippen LogP contribution in [0.15, 0.2) is 24.4 Å². The van der Waals surface area contributed by atoms with Crippen molar-refractivity contribution in [3.05, 3.63) is 24.4 Å². The van der Waals surface area contributed by atoms with Gasteiger partial charge in [-0.15, -0.1) is 0 Å². The van der Waals surface area contributed by atoms with Crippen molar-refractivity contribution in [2.75, 3.05) is 49.9 Å². The minimum atomic E-state index is -0.0843. The SMILES string of the molecule is O=C1CSC(=O)N1CCCCN1CCN(c2ccccn2)CC1. The van der Waals surface area contributed by atoms with Gasteiger partial charge in [0.25, 0.3) is 5.24 Å². The molecule has 7 heteroatoms. The van der Waals surface area contributed by atoms with Crippen LogP contribution in [-0.4, -0.2) is 71.0 Å². The summed E-state index contributed by atoms with van der Waals surface area (Å²) in [5, 5.41) is -0.0843. The summed E-state index contributed by atoms with van der Waals surface area (Å²) in [6.45, 7) is 5.66. The highest BCUT2D eigenvalue weighted by molar-refractivity contribution is 8.14. The average Bonchev–Trinajstić information content (AvgIpc) is 2.92. The summed E-state index contributed by atoms with van der Waals surface area (Å²) in [5.41, 5.74) is 0. The number of thioether (sulfide) groups is 1. The highest BCUT2D eigenvalue weighted by Gasteiger charge is 2.29. The smallest absolute Gasteiger partial charge is 0.288 e. The number of imide groups is 1. The van der Waals surface area contributed by atoms with Crippen LogP contribution in [0.2, 0.25) is 0 Å². The second-order valence-corrected chi connectivity index (χ2v) is 6.75. The molecule has 0 aromatic carbocycles. The number of carbonyl (C=O) groups is 2. The van der Waals surface area contributed by atoms with Crippen LogP contribution >= 0.6 is 11.8 Å². The largest absolute Gasteiger partial charge is 0.354 e. The van der Waals surface area contributed by atoms with Crippen molar-refractivity contribution in [2.24, 2.45) is 0 Å². The summed E-state index contributed by atoms with van der Waals surface area (Å²) in [4.78, 5) is 33.6. The monoisotopic (exact) mass is 334 g/mol. The minimum absolute atomic E-state index is 0.0380. The molecule has 2 aliphatic rings. The molecule has 124 valence electrons. The maximum absolute atomic E-state index is 11.5. The van der Waals surface area contributed by atoms with Crippen molar-refractivity contribution in [1.82, 2.24) is 14.8 Å². The number of aromatic nitrogens is 1. The summed E-state index contributed by atoms with van der Waals surface area (Å²) in [6, 6.07) is 6.01. The van der Waals surface area contributed by atoms with E-state index in [0.717, 1.165) is 63.1 Å². The van der Waals surface area contributed by atoms with Crippen molar-refractivity contribution in [3.8, 4) is 0 Å². The van der Waals surface area contributed by atoms with Gasteiger partial charge in [-0.05, 0) is 31.5 Å². The van der Waals surface area contributed by atoms with E-state index in [0.29, 0.717) is 12.3 Å². The molecule has 1 aromatic rings. The molecule has 2 saturated heterocycles. The van der Waals surface area contributed by atoms with E-state index in [2.05, 4.69) is 20.9 Å². The summed E-state index contributed by atoms with van der Waals surface area (Å²) in [6.07, 6.45) is 3.74. The number of pyridine rings is 1. The van der Waals surface area contributed by atoms with E-state index in [-0.39, 0.29) is 11.1 Å². The first kappa shape index (κ1) is 16.3. The Kier molecular flexibility index (Phi) is 5.51. The molecule has 23 heavy (non-hydrogen) atoms. The quantitative estimate of drug-likeness (QED) is 0.738. The van der Waals surface area contributed by atoms with Crippen molar-refractivity contribution >= 4 is 28.7 Å². The molecule has 2 aliphatic heterocycles. The normalized spacial score (nSPS) is 19.7. The number of hydrogen-bond donors (Lipinski definition) is 0. The van der Waals surface area contributed by atoms with E-state index < -0.39 is 0 Å². The van der Waals surface area contributed by atoms with Crippen LogP contribution in [0.4, 0.5) is 10.6 Å². The lowest BCUT2D eigenvalue weighted by atomic mass is 10.2. The van der Waals surface area contributed by atoms with E-state index in [1.165, 1.54) is 4.90 Å². The fraction of sp³-hybridized carbons (Fsp3) is 0.562. The number of piperazine rings is 1. The summed E-state index contributed by atoms with van der Waals surface area (Å²) < 4.78 is 0. The van der Waals surface area contributed by atoms with Crippen molar-refractivity contribution in [3.63, 3.8) is 0 Å². The van der Waals surface area contributed by atoms with E-state index >= 15 is 0 Å². The summed E-state index contributed by atoms with van der Waals surface area (Å²) in [5.74, 6) is 1.33. The number of hydrogen-bond acceptors (Lipinski definition) is 6. The van der Waals surface area contributed by atoms with Gasteiger partial charge in [0.15, 0.2) is 0 Å². The van der Waals surface area contributed by atoms with E-state index in [4.69, 9.17) is 0 Å². The Hall–Kier alpha value is -1.60. The molecule has 6 nitrogen and oxygen atoms in total. The molecular weight excluding hydrogens is 312 g/mol. The zero-order chi connectivity index (χ0) is 16.1. The molecule has 2 amide bonds. The van der Waals surface area contributed by atoms with Crippen LogP contribution in [0.1, 0.15) is 12.8 Å². The number of rotatable bonds is 6. The zero-order valence-electron chi connectivity index (χ0n) is 13.2. The van der Waals surface area contributed by atoms with E-state index in [1.54, 1.807) is 0 Å². The molecule has 3 rings (SSSR count). The Balaban J connectivity index is 1.33. The van der Waals surface area contributed by atoms with Crippen molar-refractivity contribution in [2.45, 2.75) is 12.8 Å². The number of unbranched alkanes of at least 4 members (excludes halogenated alkanes) is 1. The molecule has 2 fully saturated rings. The number of carbonyl (C=O) groups excluding carboxylic acids is 2. The minimum Gasteiger partial charge on any atom is -0.354 e. The first-order chi connectivity index (χ1) is 11.2. The maximum atomic E-state index is 11.5. The highest BCUT2D eigenvalue weighted by Crippen LogP contribution is 2.19. The Morgan fingerprint density at radius 2 is 1.83 bits per heavy atom. The molecule has 0 atom stereocenters. The van der Waals surface area contributed by atoms with Crippen LogP contribution in [-0.2, 0) is 4.79 Å². The van der Waals surface area contributed by atoms with Gasteiger partial charge in [-0.1, -0.05) is 17.8 Å². The van der Waals surface area contributed by atoms with Gasteiger partial charge in [-0.2, -0.15) is 0 Å². The number of anilines is 1.